The molecule has 1 heterocycles. The fourth-order valence-electron chi connectivity index (χ4n) is 2.60. The first-order chi connectivity index (χ1) is 11.8. The predicted octanol–water partition coefficient (Wildman–Crippen LogP) is 5.80. The van der Waals surface area contributed by atoms with Crippen LogP contribution >= 0.6 is 0 Å². The summed E-state index contributed by atoms with van der Waals surface area (Å²) in [6.07, 6.45) is 3.53. The Hall–Kier alpha value is -3.20. The minimum Gasteiger partial charge on any atom is -0.437 e. The second-order valence-corrected chi connectivity index (χ2v) is 5.49. The van der Waals surface area contributed by atoms with Crippen LogP contribution in [0.3, 0.4) is 0 Å². The fourth-order valence-corrected chi connectivity index (χ4v) is 2.60. The Morgan fingerprint density at radius 3 is 2.50 bits per heavy atom. The highest BCUT2D eigenvalue weighted by atomic mass is 19.1. The molecule has 0 bridgehead atoms. The number of nitrogens with zero attached hydrogens (tertiary/aromatic N) is 1. The minimum absolute atomic E-state index is 0.262. The molecule has 3 aromatic carbocycles. The van der Waals surface area contributed by atoms with Gasteiger partial charge in [-0.05, 0) is 47.0 Å². The summed E-state index contributed by atoms with van der Waals surface area (Å²) in [5.74, 6) is 0.238. The second-order valence-electron chi connectivity index (χ2n) is 5.49. The van der Waals surface area contributed by atoms with Crippen LogP contribution in [0.1, 0.15) is 11.5 Å². The molecule has 0 spiro atoms. The van der Waals surface area contributed by atoms with Crippen molar-refractivity contribution in [2.75, 3.05) is 0 Å². The lowest BCUT2D eigenvalue weighted by molar-refractivity contribution is 0.589. The molecule has 1 aromatic heterocycles. The smallest absolute Gasteiger partial charge is 0.220 e. The van der Waals surface area contributed by atoms with Gasteiger partial charge in [-0.3, -0.25) is 0 Å². The van der Waals surface area contributed by atoms with Crippen molar-refractivity contribution in [1.29, 1.82) is 0 Å². The highest BCUT2D eigenvalue weighted by Crippen LogP contribution is 2.25. The van der Waals surface area contributed by atoms with Gasteiger partial charge < -0.3 is 4.42 Å². The molecule has 0 atom stereocenters. The molecule has 0 amide bonds. The first kappa shape index (κ1) is 14.4. The predicted molar refractivity (Wildman–Crippen MR) is 94.8 cm³/mol. The van der Waals surface area contributed by atoms with Gasteiger partial charge in [0, 0.05) is 6.08 Å². The molecule has 0 aliphatic heterocycles. The van der Waals surface area contributed by atoms with Crippen LogP contribution in [0.5, 0.6) is 0 Å². The third-order valence-electron chi connectivity index (χ3n) is 3.78. The molecule has 116 valence electrons. The lowest BCUT2D eigenvalue weighted by atomic mass is 10.1. The average Bonchev–Trinajstić information content (AvgIpc) is 3.03. The number of rotatable bonds is 3. The Balaban J connectivity index is 1.66. The van der Waals surface area contributed by atoms with E-state index >= 15 is 0 Å². The zero-order valence-corrected chi connectivity index (χ0v) is 12.8. The van der Waals surface area contributed by atoms with E-state index in [1.807, 2.05) is 42.5 Å². The molecule has 3 heteroatoms. The van der Waals surface area contributed by atoms with Crippen molar-refractivity contribution in [2.24, 2.45) is 0 Å². The van der Waals surface area contributed by atoms with Crippen molar-refractivity contribution >= 4 is 23.3 Å². The molecule has 4 aromatic rings. The van der Waals surface area contributed by atoms with E-state index in [0.717, 1.165) is 27.8 Å². The van der Waals surface area contributed by atoms with Crippen molar-refractivity contribution in [3.05, 3.63) is 90.1 Å². The van der Waals surface area contributed by atoms with Gasteiger partial charge in [0.25, 0.3) is 0 Å². The SMILES string of the molecule is Fc1cccc(/C=C/c2nc3cc(-c4ccccc4)ccc3o2)c1. The molecule has 0 fully saturated rings. The number of aromatic nitrogens is 1. The van der Waals surface area contributed by atoms with E-state index in [1.54, 1.807) is 18.2 Å². The van der Waals surface area contributed by atoms with E-state index in [1.165, 1.54) is 12.1 Å². The quantitative estimate of drug-likeness (QED) is 0.477. The van der Waals surface area contributed by atoms with E-state index in [0.29, 0.717) is 5.89 Å². The number of hydrogen-bond donors (Lipinski definition) is 0. The Morgan fingerprint density at radius 1 is 0.792 bits per heavy atom. The van der Waals surface area contributed by atoms with Crippen molar-refractivity contribution in [2.45, 2.75) is 0 Å². The molecule has 0 saturated heterocycles. The van der Waals surface area contributed by atoms with Crippen molar-refractivity contribution < 1.29 is 8.81 Å². The van der Waals surface area contributed by atoms with E-state index < -0.39 is 0 Å². The van der Waals surface area contributed by atoms with Gasteiger partial charge in [-0.2, -0.15) is 0 Å². The summed E-state index contributed by atoms with van der Waals surface area (Å²) in [4.78, 5) is 4.49. The Kier molecular flexibility index (Phi) is 3.67. The van der Waals surface area contributed by atoms with Crippen LogP contribution in [0.4, 0.5) is 4.39 Å². The van der Waals surface area contributed by atoms with Crippen LogP contribution in [0.25, 0.3) is 34.4 Å². The van der Waals surface area contributed by atoms with Crippen molar-refractivity contribution in [3.8, 4) is 11.1 Å². The van der Waals surface area contributed by atoms with E-state index in [-0.39, 0.29) is 5.82 Å². The van der Waals surface area contributed by atoms with Crippen LogP contribution in [0.15, 0.2) is 77.2 Å². The normalized spacial score (nSPS) is 11.4. The number of halogens is 1. The molecule has 0 aliphatic rings. The molecular weight excluding hydrogens is 301 g/mol. The third-order valence-corrected chi connectivity index (χ3v) is 3.78. The van der Waals surface area contributed by atoms with Gasteiger partial charge in [-0.15, -0.1) is 0 Å². The zero-order chi connectivity index (χ0) is 16.4. The zero-order valence-electron chi connectivity index (χ0n) is 12.8. The van der Waals surface area contributed by atoms with Crippen LogP contribution in [-0.2, 0) is 0 Å². The van der Waals surface area contributed by atoms with Crippen LogP contribution in [-0.4, -0.2) is 4.98 Å². The van der Waals surface area contributed by atoms with Gasteiger partial charge in [0.05, 0.1) is 0 Å². The van der Waals surface area contributed by atoms with Crippen LogP contribution in [0.2, 0.25) is 0 Å². The number of oxazole rings is 1. The summed E-state index contributed by atoms with van der Waals surface area (Å²) in [6.45, 7) is 0. The Labute approximate surface area is 138 Å². The summed E-state index contributed by atoms with van der Waals surface area (Å²) < 4.78 is 18.9. The molecule has 24 heavy (non-hydrogen) atoms. The largest absolute Gasteiger partial charge is 0.437 e. The maximum absolute atomic E-state index is 13.2. The van der Waals surface area contributed by atoms with Crippen molar-refractivity contribution in [3.63, 3.8) is 0 Å². The molecule has 0 radical (unpaired) electrons. The van der Waals surface area contributed by atoms with Crippen LogP contribution in [0, 0.1) is 5.82 Å². The van der Waals surface area contributed by atoms with Gasteiger partial charge >= 0.3 is 0 Å². The lowest BCUT2D eigenvalue weighted by Crippen LogP contribution is -1.77. The van der Waals surface area contributed by atoms with Gasteiger partial charge in [0.15, 0.2) is 5.58 Å². The minimum atomic E-state index is -0.262. The van der Waals surface area contributed by atoms with E-state index in [2.05, 4.69) is 17.1 Å². The standard InChI is InChI=1S/C21H14FNO/c22-18-8-4-5-15(13-18)9-12-21-23-19-14-17(10-11-20(19)24-21)16-6-2-1-3-7-16/h1-14H/b12-9+. The highest BCUT2D eigenvalue weighted by molar-refractivity contribution is 5.82. The third kappa shape index (κ3) is 2.97. The molecule has 0 aliphatic carbocycles. The molecule has 0 saturated carbocycles. The van der Waals surface area contributed by atoms with Gasteiger partial charge in [0.1, 0.15) is 11.3 Å². The number of benzene rings is 3. The molecule has 2 nitrogen and oxygen atoms in total. The molecular formula is C21H14FNO. The van der Waals surface area contributed by atoms with Gasteiger partial charge in [0.2, 0.25) is 5.89 Å². The maximum Gasteiger partial charge on any atom is 0.220 e. The van der Waals surface area contributed by atoms with Crippen LogP contribution < -0.4 is 0 Å². The average molecular weight is 315 g/mol. The maximum atomic E-state index is 13.2. The van der Waals surface area contributed by atoms with Gasteiger partial charge in [-0.25, -0.2) is 9.37 Å². The highest BCUT2D eigenvalue weighted by Gasteiger charge is 2.05. The monoisotopic (exact) mass is 315 g/mol. The van der Waals surface area contributed by atoms with E-state index in [9.17, 15) is 4.39 Å². The van der Waals surface area contributed by atoms with E-state index in [4.69, 9.17) is 4.42 Å². The summed E-state index contributed by atoms with van der Waals surface area (Å²) in [5.41, 5.74) is 4.53. The lowest BCUT2D eigenvalue weighted by Gasteiger charge is -1.99. The Morgan fingerprint density at radius 2 is 1.67 bits per heavy atom. The summed E-state index contributed by atoms with van der Waals surface area (Å²) in [7, 11) is 0. The number of hydrogen-bond acceptors (Lipinski definition) is 2. The fraction of sp³-hybridized carbons (Fsp3) is 0. The molecule has 0 N–H and O–H groups in total. The first-order valence-electron chi connectivity index (χ1n) is 7.68. The Bertz CT molecular complexity index is 1020. The molecule has 0 unspecified atom stereocenters. The van der Waals surface area contributed by atoms with Gasteiger partial charge in [-0.1, -0.05) is 48.5 Å². The number of fused-ring (bicyclic) bond motifs is 1. The topological polar surface area (TPSA) is 26.0 Å². The first-order valence-corrected chi connectivity index (χ1v) is 7.68. The second kappa shape index (κ2) is 6.13. The summed E-state index contributed by atoms with van der Waals surface area (Å²) in [5, 5.41) is 0. The summed E-state index contributed by atoms with van der Waals surface area (Å²) >= 11 is 0. The molecule has 4 rings (SSSR count). The summed E-state index contributed by atoms with van der Waals surface area (Å²) in [6, 6.07) is 22.5. The van der Waals surface area contributed by atoms with Crippen molar-refractivity contribution in [1.82, 2.24) is 4.98 Å².